The van der Waals surface area contributed by atoms with E-state index in [0.29, 0.717) is 24.3 Å². The van der Waals surface area contributed by atoms with Crippen molar-refractivity contribution in [1.82, 2.24) is 0 Å². The van der Waals surface area contributed by atoms with Gasteiger partial charge in [-0.15, -0.1) is 11.6 Å². The first-order valence-electron chi connectivity index (χ1n) is 6.37. The van der Waals surface area contributed by atoms with E-state index in [2.05, 4.69) is 6.07 Å². The number of hydrogen-bond donors (Lipinski definition) is 0. The molecule has 1 aromatic carbocycles. The van der Waals surface area contributed by atoms with E-state index in [9.17, 15) is 4.79 Å². The summed E-state index contributed by atoms with van der Waals surface area (Å²) in [5, 5.41) is 0. The lowest BCUT2D eigenvalue weighted by Crippen LogP contribution is -2.30. The Bertz CT molecular complexity index is 463. The maximum atomic E-state index is 12.0. The molecule has 3 rings (SSSR count). The quantitative estimate of drug-likeness (QED) is 0.786. The van der Waals surface area contributed by atoms with Crippen LogP contribution in [-0.2, 0) is 11.2 Å². The van der Waals surface area contributed by atoms with Crippen molar-refractivity contribution in [2.45, 2.75) is 12.8 Å². The number of rotatable bonds is 3. The van der Waals surface area contributed by atoms with E-state index >= 15 is 0 Å². The van der Waals surface area contributed by atoms with Gasteiger partial charge in [0.1, 0.15) is 0 Å². The predicted molar refractivity (Wildman–Crippen MR) is 71.2 cm³/mol. The van der Waals surface area contributed by atoms with Crippen molar-refractivity contribution in [3.8, 4) is 0 Å². The third-order valence-corrected chi connectivity index (χ3v) is 4.19. The van der Waals surface area contributed by atoms with Gasteiger partial charge in [-0.05, 0) is 36.3 Å². The van der Waals surface area contributed by atoms with E-state index in [-0.39, 0.29) is 6.09 Å². The normalized spacial score (nSPS) is 24.8. The topological polar surface area (TPSA) is 29.5 Å². The summed E-state index contributed by atoms with van der Waals surface area (Å²) in [6.07, 6.45) is 1.78. The zero-order valence-electron chi connectivity index (χ0n) is 10.1. The van der Waals surface area contributed by atoms with Crippen LogP contribution in [0.5, 0.6) is 0 Å². The number of fused-ring (bicyclic) bond motifs is 1. The smallest absolute Gasteiger partial charge is 0.414 e. The Kier molecular flexibility index (Phi) is 3.16. The average Bonchev–Trinajstić information content (AvgIpc) is 3.04. The Hall–Kier alpha value is -1.22. The number of hydrogen-bond acceptors (Lipinski definition) is 2. The second kappa shape index (κ2) is 4.81. The molecule has 2 aliphatic rings. The van der Waals surface area contributed by atoms with Crippen LogP contribution in [0.2, 0.25) is 0 Å². The van der Waals surface area contributed by atoms with Gasteiger partial charge in [-0.1, -0.05) is 18.2 Å². The summed E-state index contributed by atoms with van der Waals surface area (Å²) in [5.41, 5.74) is 2.21. The number of nitrogens with zero attached hydrogens (tertiary/aromatic N) is 1. The molecule has 0 aromatic heterocycles. The molecule has 2 atom stereocenters. The lowest BCUT2D eigenvalue weighted by molar-refractivity contribution is 0.147. The fraction of sp³-hybridized carbons (Fsp3) is 0.500. The van der Waals surface area contributed by atoms with Crippen LogP contribution in [0.1, 0.15) is 12.0 Å². The van der Waals surface area contributed by atoms with Gasteiger partial charge in [-0.3, -0.25) is 4.90 Å². The summed E-state index contributed by atoms with van der Waals surface area (Å²) in [7, 11) is 0. The fourth-order valence-electron chi connectivity index (χ4n) is 2.49. The fourth-order valence-corrected chi connectivity index (χ4v) is 2.87. The predicted octanol–water partition coefficient (Wildman–Crippen LogP) is 3.06. The van der Waals surface area contributed by atoms with Crippen LogP contribution < -0.4 is 4.90 Å². The molecule has 1 unspecified atom stereocenters. The molecule has 1 aliphatic carbocycles. The molecule has 1 saturated carbocycles. The molecule has 1 amide bonds. The maximum Gasteiger partial charge on any atom is 0.414 e. The minimum Gasteiger partial charge on any atom is -0.449 e. The van der Waals surface area contributed by atoms with E-state index in [1.807, 2.05) is 18.2 Å². The first kappa shape index (κ1) is 11.8. The summed E-state index contributed by atoms with van der Waals surface area (Å²) in [6, 6.07) is 7.99. The minimum absolute atomic E-state index is 0.222. The molecule has 4 heteroatoms. The largest absolute Gasteiger partial charge is 0.449 e. The Morgan fingerprint density at radius 1 is 1.39 bits per heavy atom. The summed E-state index contributed by atoms with van der Waals surface area (Å²) >= 11 is 5.75. The molecular weight excluding hydrogens is 250 g/mol. The third kappa shape index (κ3) is 2.19. The second-order valence-corrected chi connectivity index (χ2v) is 5.33. The lowest BCUT2D eigenvalue weighted by Gasteiger charge is -2.16. The van der Waals surface area contributed by atoms with Gasteiger partial charge in [0, 0.05) is 12.4 Å². The van der Waals surface area contributed by atoms with Gasteiger partial charge >= 0.3 is 6.09 Å². The van der Waals surface area contributed by atoms with Crippen molar-refractivity contribution in [2.75, 3.05) is 23.9 Å². The monoisotopic (exact) mass is 265 g/mol. The van der Waals surface area contributed by atoms with Gasteiger partial charge in [0.15, 0.2) is 0 Å². The molecule has 18 heavy (non-hydrogen) atoms. The highest BCUT2D eigenvalue weighted by Gasteiger charge is 2.37. The number of benzene rings is 1. The molecule has 0 bridgehead atoms. The molecule has 1 aromatic rings. The molecule has 0 saturated heterocycles. The van der Waals surface area contributed by atoms with Crippen LogP contribution in [0.15, 0.2) is 24.3 Å². The molecule has 0 N–H and O–H groups in total. The van der Waals surface area contributed by atoms with Gasteiger partial charge in [0.2, 0.25) is 0 Å². The number of alkyl halides is 1. The van der Waals surface area contributed by atoms with Crippen molar-refractivity contribution >= 4 is 23.4 Å². The van der Waals surface area contributed by atoms with E-state index < -0.39 is 0 Å². The average molecular weight is 266 g/mol. The number of anilines is 1. The van der Waals surface area contributed by atoms with Crippen molar-refractivity contribution in [3.05, 3.63) is 29.8 Å². The lowest BCUT2D eigenvalue weighted by atomic mass is 10.2. The number of ether oxygens (including phenoxy) is 1. The maximum absolute atomic E-state index is 12.0. The van der Waals surface area contributed by atoms with E-state index in [1.165, 1.54) is 5.56 Å². The molecule has 1 fully saturated rings. The first-order valence-corrected chi connectivity index (χ1v) is 6.91. The van der Waals surface area contributed by atoms with E-state index in [0.717, 1.165) is 25.1 Å². The third-order valence-electron chi connectivity index (χ3n) is 3.80. The number of carbonyl (C=O) groups excluding carboxylic acids is 1. The number of halogens is 1. The van der Waals surface area contributed by atoms with Crippen LogP contribution in [0.4, 0.5) is 10.5 Å². The van der Waals surface area contributed by atoms with E-state index in [4.69, 9.17) is 16.3 Å². The number of carbonyl (C=O) groups is 1. The van der Waals surface area contributed by atoms with Gasteiger partial charge in [0.05, 0.1) is 12.3 Å². The summed E-state index contributed by atoms with van der Waals surface area (Å²) in [6.45, 7) is 1.23. The van der Waals surface area contributed by atoms with Crippen LogP contribution in [0, 0.1) is 11.8 Å². The highest BCUT2D eigenvalue weighted by Crippen LogP contribution is 2.39. The van der Waals surface area contributed by atoms with Crippen LogP contribution >= 0.6 is 11.6 Å². The van der Waals surface area contributed by atoms with Crippen molar-refractivity contribution in [2.24, 2.45) is 11.8 Å². The minimum atomic E-state index is -0.222. The van der Waals surface area contributed by atoms with Gasteiger partial charge in [-0.2, -0.15) is 0 Å². The summed E-state index contributed by atoms with van der Waals surface area (Å²) in [4.78, 5) is 13.7. The number of amides is 1. The van der Waals surface area contributed by atoms with E-state index in [1.54, 1.807) is 4.90 Å². The Morgan fingerprint density at radius 3 is 3.00 bits per heavy atom. The van der Waals surface area contributed by atoms with Gasteiger partial charge < -0.3 is 4.74 Å². The standard InChI is InChI=1S/C14H16ClNO2/c15-8-11-7-12(11)9-18-14(17)16-6-5-10-3-1-2-4-13(10)16/h1-4,11-12H,5-9H2/t11-,12?/m0/s1. The van der Waals surface area contributed by atoms with Crippen LogP contribution in [0.25, 0.3) is 0 Å². The van der Waals surface area contributed by atoms with Crippen molar-refractivity contribution in [1.29, 1.82) is 0 Å². The summed E-state index contributed by atoms with van der Waals surface area (Å²) in [5.74, 6) is 1.70. The molecule has 3 nitrogen and oxygen atoms in total. The highest BCUT2D eigenvalue weighted by molar-refractivity contribution is 6.18. The number of para-hydroxylation sites is 1. The Labute approximate surface area is 112 Å². The molecule has 96 valence electrons. The van der Waals surface area contributed by atoms with Gasteiger partial charge in [0.25, 0.3) is 0 Å². The first-order chi connectivity index (χ1) is 8.79. The molecule has 0 radical (unpaired) electrons. The highest BCUT2D eigenvalue weighted by atomic mass is 35.5. The molecular formula is C14H16ClNO2. The van der Waals surface area contributed by atoms with Gasteiger partial charge in [-0.25, -0.2) is 4.79 Å². The SMILES string of the molecule is O=C(OCC1C[C@H]1CCl)N1CCc2ccccc21. The molecule has 0 spiro atoms. The Balaban J connectivity index is 1.58. The Morgan fingerprint density at radius 2 is 2.22 bits per heavy atom. The van der Waals surface area contributed by atoms with Crippen molar-refractivity contribution in [3.63, 3.8) is 0 Å². The van der Waals surface area contributed by atoms with Crippen molar-refractivity contribution < 1.29 is 9.53 Å². The van der Waals surface area contributed by atoms with Crippen LogP contribution in [-0.4, -0.2) is 25.1 Å². The molecule has 1 aliphatic heterocycles. The zero-order chi connectivity index (χ0) is 12.5. The zero-order valence-corrected chi connectivity index (χ0v) is 10.9. The van der Waals surface area contributed by atoms with Crippen LogP contribution in [0.3, 0.4) is 0 Å². The molecule has 1 heterocycles. The summed E-state index contributed by atoms with van der Waals surface area (Å²) < 4.78 is 5.37. The second-order valence-electron chi connectivity index (χ2n) is 5.02.